The van der Waals surface area contributed by atoms with E-state index < -0.39 is 0 Å². The molecule has 1 heterocycles. The summed E-state index contributed by atoms with van der Waals surface area (Å²) in [6, 6.07) is 5.59. The fraction of sp³-hybridized carbons (Fsp3) is 0.167. The highest BCUT2D eigenvalue weighted by Crippen LogP contribution is 2.21. The molecule has 1 aromatic rings. The van der Waals surface area contributed by atoms with Crippen LogP contribution < -0.4 is 10.1 Å². The van der Waals surface area contributed by atoms with Gasteiger partial charge in [-0.05, 0) is 48.5 Å². The van der Waals surface area contributed by atoms with Gasteiger partial charge < -0.3 is 9.47 Å². The lowest BCUT2D eigenvalue weighted by molar-refractivity contribution is -0.116. The molecule has 0 aromatic heterocycles. The number of carbonyl (C=O) groups is 1. The summed E-state index contributed by atoms with van der Waals surface area (Å²) in [5.41, 5.74) is 1.85. The minimum absolute atomic E-state index is 0.0893. The molecule has 1 aliphatic heterocycles. The molecule has 0 radical (unpaired) electrons. The molecule has 0 aliphatic carbocycles. The minimum Gasteiger partial charge on any atom is -0.496 e. The van der Waals surface area contributed by atoms with Crippen LogP contribution in [-0.4, -0.2) is 18.2 Å². The molecule has 5 heteroatoms. The van der Waals surface area contributed by atoms with E-state index in [9.17, 15) is 4.79 Å². The molecule has 17 heavy (non-hydrogen) atoms. The van der Waals surface area contributed by atoms with Gasteiger partial charge in [0, 0.05) is 0 Å². The van der Waals surface area contributed by atoms with E-state index in [1.165, 1.54) is 0 Å². The lowest BCUT2D eigenvalue weighted by atomic mass is 10.1. The summed E-state index contributed by atoms with van der Waals surface area (Å²) < 4.78 is 10.2. The number of methoxy groups -OCH3 is 1. The van der Waals surface area contributed by atoms with Gasteiger partial charge in [-0.3, -0.25) is 10.1 Å². The number of hydrogen-bond donors (Lipinski definition) is 1. The van der Waals surface area contributed by atoms with E-state index in [-0.39, 0.29) is 16.8 Å². The maximum absolute atomic E-state index is 11.4. The molecule has 0 unspecified atom stereocenters. The Bertz CT molecular complexity index is 522. The van der Waals surface area contributed by atoms with Crippen LogP contribution in [0.3, 0.4) is 0 Å². The number of aryl methyl sites for hydroxylation is 1. The topological polar surface area (TPSA) is 47.6 Å². The molecule has 1 aliphatic rings. The highest BCUT2D eigenvalue weighted by molar-refractivity contribution is 7.80. The second-order valence-electron chi connectivity index (χ2n) is 3.58. The van der Waals surface area contributed by atoms with Crippen LogP contribution in [0.15, 0.2) is 24.0 Å². The molecule has 1 N–H and O–H groups in total. The normalized spacial score (nSPS) is 16.9. The van der Waals surface area contributed by atoms with Gasteiger partial charge in [-0.15, -0.1) is 0 Å². The number of amides is 1. The molecule has 0 atom stereocenters. The first-order valence-corrected chi connectivity index (χ1v) is 5.40. The van der Waals surface area contributed by atoms with Crippen LogP contribution in [0.1, 0.15) is 11.1 Å². The van der Waals surface area contributed by atoms with Crippen molar-refractivity contribution in [3.05, 3.63) is 35.1 Å². The fourth-order valence-electron chi connectivity index (χ4n) is 1.56. The van der Waals surface area contributed by atoms with E-state index in [4.69, 9.17) is 21.7 Å². The zero-order valence-electron chi connectivity index (χ0n) is 9.44. The number of rotatable bonds is 2. The van der Waals surface area contributed by atoms with Crippen LogP contribution in [0.2, 0.25) is 0 Å². The van der Waals surface area contributed by atoms with Gasteiger partial charge in [0.15, 0.2) is 5.76 Å². The van der Waals surface area contributed by atoms with E-state index in [0.717, 1.165) is 16.9 Å². The Hall–Kier alpha value is -1.88. The molecule has 1 saturated heterocycles. The largest absolute Gasteiger partial charge is 0.496 e. The first kappa shape index (κ1) is 11.6. The Labute approximate surface area is 104 Å². The summed E-state index contributed by atoms with van der Waals surface area (Å²) in [6.45, 7) is 1.93. The van der Waals surface area contributed by atoms with Gasteiger partial charge in [-0.2, -0.15) is 0 Å². The second-order valence-corrected chi connectivity index (χ2v) is 3.95. The third-order valence-electron chi connectivity index (χ3n) is 2.36. The summed E-state index contributed by atoms with van der Waals surface area (Å²) in [5, 5.41) is 2.49. The third-order valence-corrected chi connectivity index (χ3v) is 2.54. The van der Waals surface area contributed by atoms with Gasteiger partial charge in [-0.25, -0.2) is 0 Å². The van der Waals surface area contributed by atoms with Crippen molar-refractivity contribution in [1.82, 2.24) is 5.32 Å². The average molecular weight is 249 g/mol. The van der Waals surface area contributed by atoms with Crippen molar-refractivity contribution in [2.75, 3.05) is 7.11 Å². The molecule has 2 rings (SSSR count). The quantitative estimate of drug-likeness (QED) is 0.641. The summed E-state index contributed by atoms with van der Waals surface area (Å²) in [6.07, 6.45) is 1.64. The van der Waals surface area contributed by atoms with Crippen molar-refractivity contribution in [2.24, 2.45) is 0 Å². The van der Waals surface area contributed by atoms with Gasteiger partial charge in [0.1, 0.15) is 5.75 Å². The second kappa shape index (κ2) is 4.55. The van der Waals surface area contributed by atoms with E-state index in [2.05, 4.69) is 5.32 Å². The number of thiocarbonyl (C=S) groups is 1. The van der Waals surface area contributed by atoms with Crippen molar-refractivity contribution >= 4 is 29.4 Å². The zero-order chi connectivity index (χ0) is 12.4. The Morgan fingerprint density at radius 2 is 2.24 bits per heavy atom. The molecule has 88 valence electrons. The Morgan fingerprint density at radius 3 is 2.76 bits per heavy atom. The van der Waals surface area contributed by atoms with E-state index >= 15 is 0 Å². The number of carbonyl (C=O) groups excluding carboxylic acids is 1. The Kier molecular flexibility index (Phi) is 3.10. The van der Waals surface area contributed by atoms with Crippen molar-refractivity contribution in [3.8, 4) is 5.75 Å². The maximum Gasteiger partial charge on any atom is 0.294 e. The molecule has 0 saturated carbocycles. The zero-order valence-corrected chi connectivity index (χ0v) is 10.3. The van der Waals surface area contributed by atoms with E-state index in [0.29, 0.717) is 0 Å². The van der Waals surface area contributed by atoms with Gasteiger partial charge in [0.25, 0.3) is 11.1 Å². The summed E-state index contributed by atoms with van der Waals surface area (Å²) >= 11 is 4.74. The number of ether oxygens (including phenoxy) is 2. The molecular weight excluding hydrogens is 238 g/mol. The van der Waals surface area contributed by atoms with Crippen LogP contribution in [0.4, 0.5) is 0 Å². The van der Waals surface area contributed by atoms with Gasteiger partial charge in [-0.1, -0.05) is 6.07 Å². The van der Waals surface area contributed by atoms with Crippen LogP contribution in [0, 0.1) is 6.92 Å². The lowest BCUT2D eigenvalue weighted by Gasteiger charge is -2.04. The minimum atomic E-state index is -0.316. The number of benzene rings is 1. The highest BCUT2D eigenvalue weighted by atomic mass is 32.1. The third kappa shape index (κ3) is 2.45. The maximum atomic E-state index is 11.4. The van der Waals surface area contributed by atoms with Crippen molar-refractivity contribution in [2.45, 2.75) is 6.92 Å². The highest BCUT2D eigenvalue weighted by Gasteiger charge is 2.22. The van der Waals surface area contributed by atoms with Gasteiger partial charge in [0.2, 0.25) is 0 Å². The predicted octanol–water partition coefficient (Wildman–Crippen LogP) is 1.78. The molecule has 0 spiro atoms. The van der Waals surface area contributed by atoms with Crippen molar-refractivity contribution < 1.29 is 14.3 Å². The fourth-order valence-corrected chi connectivity index (χ4v) is 1.75. The lowest BCUT2D eigenvalue weighted by Crippen LogP contribution is -2.18. The van der Waals surface area contributed by atoms with Crippen LogP contribution in [0.25, 0.3) is 6.08 Å². The Balaban J connectivity index is 2.30. The van der Waals surface area contributed by atoms with Gasteiger partial charge >= 0.3 is 0 Å². The van der Waals surface area contributed by atoms with Gasteiger partial charge in [0.05, 0.1) is 7.11 Å². The SMILES string of the molecule is COc1ccc(C=C2OC(=S)NC2=O)cc1C. The number of nitrogens with one attached hydrogen (secondary N) is 1. The molecule has 0 bridgehead atoms. The molecule has 1 fully saturated rings. The van der Waals surface area contributed by atoms with Crippen LogP contribution in [0.5, 0.6) is 5.75 Å². The molecule has 1 aromatic carbocycles. The standard InChI is InChI=1S/C12H11NO3S/c1-7-5-8(3-4-9(7)15-2)6-10-11(14)13-12(17)16-10/h3-6H,1-2H3,(H,13,14,17). The smallest absolute Gasteiger partial charge is 0.294 e. The summed E-state index contributed by atoms with van der Waals surface area (Å²) in [5.74, 6) is 0.697. The molecule has 4 nitrogen and oxygen atoms in total. The first-order chi connectivity index (χ1) is 8.10. The number of hydrogen-bond acceptors (Lipinski definition) is 4. The summed E-state index contributed by atoms with van der Waals surface area (Å²) in [4.78, 5) is 11.4. The predicted molar refractivity (Wildman–Crippen MR) is 67.5 cm³/mol. The monoisotopic (exact) mass is 249 g/mol. The van der Waals surface area contributed by atoms with Crippen LogP contribution in [-0.2, 0) is 9.53 Å². The molecular formula is C12H11NO3S. The van der Waals surface area contributed by atoms with Crippen molar-refractivity contribution in [3.63, 3.8) is 0 Å². The van der Waals surface area contributed by atoms with E-state index in [1.807, 2.05) is 25.1 Å². The average Bonchev–Trinajstić information content (AvgIpc) is 2.58. The first-order valence-electron chi connectivity index (χ1n) is 4.99. The Morgan fingerprint density at radius 1 is 1.47 bits per heavy atom. The molecule has 1 amide bonds. The van der Waals surface area contributed by atoms with Crippen molar-refractivity contribution in [1.29, 1.82) is 0 Å². The van der Waals surface area contributed by atoms with E-state index in [1.54, 1.807) is 13.2 Å². The van der Waals surface area contributed by atoms with Crippen LogP contribution >= 0.6 is 12.2 Å². The summed E-state index contributed by atoms with van der Waals surface area (Å²) in [7, 11) is 1.62.